The standard InChI is InChI=1S/C16H27N/c1-6-7-8-15(5)17-11-16-10-13(3)12(2)9-14(16)4/h9-10,15,17H,6-8,11H2,1-5H3. The molecule has 0 aromatic heterocycles. The van der Waals surface area contributed by atoms with E-state index in [-0.39, 0.29) is 0 Å². The lowest BCUT2D eigenvalue weighted by Gasteiger charge is -2.15. The summed E-state index contributed by atoms with van der Waals surface area (Å²) in [5.74, 6) is 0. The first-order valence-electron chi connectivity index (χ1n) is 6.84. The van der Waals surface area contributed by atoms with Crippen LogP contribution in [-0.2, 0) is 6.54 Å². The van der Waals surface area contributed by atoms with Gasteiger partial charge in [0.25, 0.3) is 0 Å². The summed E-state index contributed by atoms with van der Waals surface area (Å²) in [5, 5.41) is 3.62. The Balaban J connectivity index is 2.54. The first kappa shape index (κ1) is 14.2. The fourth-order valence-electron chi connectivity index (χ4n) is 2.11. The van der Waals surface area contributed by atoms with E-state index in [9.17, 15) is 0 Å². The SMILES string of the molecule is CCCCC(C)NCc1cc(C)c(C)cc1C. The monoisotopic (exact) mass is 233 g/mol. The molecule has 0 spiro atoms. The molecule has 0 amide bonds. The third-order valence-corrected chi connectivity index (χ3v) is 3.58. The summed E-state index contributed by atoms with van der Waals surface area (Å²) in [7, 11) is 0. The largest absolute Gasteiger partial charge is 0.310 e. The van der Waals surface area contributed by atoms with Gasteiger partial charge in [-0.15, -0.1) is 0 Å². The van der Waals surface area contributed by atoms with Crippen molar-refractivity contribution < 1.29 is 0 Å². The van der Waals surface area contributed by atoms with Crippen molar-refractivity contribution in [1.29, 1.82) is 0 Å². The van der Waals surface area contributed by atoms with Crippen molar-refractivity contribution in [2.45, 2.75) is 66.5 Å². The average molecular weight is 233 g/mol. The molecular formula is C16H27N. The van der Waals surface area contributed by atoms with Crippen molar-refractivity contribution >= 4 is 0 Å². The average Bonchev–Trinajstić information content (AvgIpc) is 2.29. The Bertz CT molecular complexity index is 355. The van der Waals surface area contributed by atoms with Gasteiger partial charge in [-0.05, 0) is 56.4 Å². The van der Waals surface area contributed by atoms with E-state index in [0.717, 1.165) is 6.54 Å². The lowest BCUT2D eigenvalue weighted by atomic mass is 10.0. The topological polar surface area (TPSA) is 12.0 Å². The minimum Gasteiger partial charge on any atom is -0.310 e. The van der Waals surface area contributed by atoms with E-state index in [0.29, 0.717) is 6.04 Å². The number of hydrogen-bond acceptors (Lipinski definition) is 1. The van der Waals surface area contributed by atoms with Gasteiger partial charge < -0.3 is 5.32 Å². The molecule has 0 aliphatic rings. The molecule has 1 aromatic carbocycles. The van der Waals surface area contributed by atoms with Gasteiger partial charge in [-0.25, -0.2) is 0 Å². The number of rotatable bonds is 6. The fraction of sp³-hybridized carbons (Fsp3) is 0.625. The van der Waals surface area contributed by atoms with Crippen LogP contribution in [0.3, 0.4) is 0 Å². The molecule has 1 unspecified atom stereocenters. The number of benzene rings is 1. The van der Waals surface area contributed by atoms with Crippen LogP contribution in [0.2, 0.25) is 0 Å². The molecular weight excluding hydrogens is 206 g/mol. The summed E-state index contributed by atoms with van der Waals surface area (Å²) < 4.78 is 0. The van der Waals surface area contributed by atoms with E-state index in [1.165, 1.54) is 41.5 Å². The van der Waals surface area contributed by atoms with Gasteiger partial charge in [-0.1, -0.05) is 31.9 Å². The van der Waals surface area contributed by atoms with E-state index in [2.05, 4.69) is 52.1 Å². The van der Waals surface area contributed by atoms with Gasteiger partial charge in [0.1, 0.15) is 0 Å². The highest BCUT2D eigenvalue weighted by Crippen LogP contribution is 2.15. The summed E-state index contributed by atoms with van der Waals surface area (Å²) in [6.07, 6.45) is 3.88. The van der Waals surface area contributed by atoms with Crippen LogP contribution in [0.15, 0.2) is 12.1 Å². The van der Waals surface area contributed by atoms with Crippen LogP contribution in [0, 0.1) is 20.8 Å². The second-order valence-corrected chi connectivity index (χ2v) is 5.29. The molecule has 1 nitrogen and oxygen atoms in total. The van der Waals surface area contributed by atoms with Gasteiger partial charge in [-0.3, -0.25) is 0 Å². The maximum absolute atomic E-state index is 3.62. The second kappa shape index (κ2) is 6.80. The maximum Gasteiger partial charge on any atom is 0.0210 e. The number of unbranched alkanes of at least 4 members (excludes halogenated alkanes) is 1. The Hall–Kier alpha value is -0.820. The van der Waals surface area contributed by atoms with Crippen LogP contribution in [0.25, 0.3) is 0 Å². The van der Waals surface area contributed by atoms with Crippen LogP contribution < -0.4 is 5.32 Å². The predicted molar refractivity (Wildman–Crippen MR) is 76.5 cm³/mol. The van der Waals surface area contributed by atoms with Crippen molar-refractivity contribution in [1.82, 2.24) is 5.32 Å². The molecule has 1 heteroatoms. The summed E-state index contributed by atoms with van der Waals surface area (Å²) in [6, 6.07) is 5.24. The first-order valence-corrected chi connectivity index (χ1v) is 6.84. The molecule has 0 saturated carbocycles. The van der Waals surface area contributed by atoms with Crippen molar-refractivity contribution in [2.24, 2.45) is 0 Å². The van der Waals surface area contributed by atoms with Crippen LogP contribution in [0.1, 0.15) is 55.4 Å². The molecule has 1 N–H and O–H groups in total. The molecule has 0 heterocycles. The Morgan fingerprint density at radius 1 is 1.06 bits per heavy atom. The highest BCUT2D eigenvalue weighted by Gasteiger charge is 2.04. The first-order chi connectivity index (χ1) is 8.04. The summed E-state index contributed by atoms with van der Waals surface area (Å²) in [4.78, 5) is 0. The van der Waals surface area contributed by atoms with Crippen LogP contribution in [0.5, 0.6) is 0 Å². The van der Waals surface area contributed by atoms with Crippen molar-refractivity contribution in [2.75, 3.05) is 0 Å². The van der Waals surface area contributed by atoms with Gasteiger partial charge in [-0.2, -0.15) is 0 Å². The predicted octanol–water partition coefficient (Wildman–Crippen LogP) is 4.28. The lowest BCUT2D eigenvalue weighted by Crippen LogP contribution is -2.25. The van der Waals surface area contributed by atoms with Crippen molar-refractivity contribution in [3.63, 3.8) is 0 Å². The van der Waals surface area contributed by atoms with Crippen molar-refractivity contribution in [3.05, 3.63) is 34.4 Å². The van der Waals surface area contributed by atoms with Gasteiger partial charge >= 0.3 is 0 Å². The van der Waals surface area contributed by atoms with Crippen molar-refractivity contribution in [3.8, 4) is 0 Å². The third kappa shape index (κ3) is 4.51. The molecule has 0 radical (unpaired) electrons. The quantitative estimate of drug-likeness (QED) is 0.773. The highest BCUT2D eigenvalue weighted by atomic mass is 14.9. The zero-order chi connectivity index (χ0) is 12.8. The number of hydrogen-bond donors (Lipinski definition) is 1. The molecule has 17 heavy (non-hydrogen) atoms. The van der Waals surface area contributed by atoms with Gasteiger partial charge in [0.05, 0.1) is 0 Å². The van der Waals surface area contributed by atoms with E-state index < -0.39 is 0 Å². The zero-order valence-electron chi connectivity index (χ0n) is 12.1. The molecule has 0 bridgehead atoms. The molecule has 1 rings (SSSR count). The smallest absolute Gasteiger partial charge is 0.0210 e. The van der Waals surface area contributed by atoms with E-state index in [4.69, 9.17) is 0 Å². The van der Waals surface area contributed by atoms with Gasteiger partial charge in [0, 0.05) is 12.6 Å². The number of aryl methyl sites for hydroxylation is 3. The van der Waals surface area contributed by atoms with Gasteiger partial charge in [0.2, 0.25) is 0 Å². The molecule has 1 aromatic rings. The molecule has 96 valence electrons. The second-order valence-electron chi connectivity index (χ2n) is 5.29. The molecule has 0 fully saturated rings. The highest BCUT2D eigenvalue weighted by molar-refractivity contribution is 5.36. The minimum atomic E-state index is 0.621. The van der Waals surface area contributed by atoms with Gasteiger partial charge in [0.15, 0.2) is 0 Å². The molecule has 0 saturated heterocycles. The summed E-state index contributed by atoms with van der Waals surface area (Å²) in [6.45, 7) is 12.1. The number of nitrogens with one attached hydrogen (secondary N) is 1. The zero-order valence-corrected chi connectivity index (χ0v) is 12.1. The molecule has 0 aliphatic heterocycles. The van der Waals surface area contributed by atoms with E-state index >= 15 is 0 Å². The lowest BCUT2D eigenvalue weighted by molar-refractivity contribution is 0.494. The molecule has 1 atom stereocenters. The third-order valence-electron chi connectivity index (χ3n) is 3.58. The Kier molecular flexibility index (Phi) is 5.70. The Morgan fingerprint density at radius 2 is 1.71 bits per heavy atom. The maximum atomic E-state index is 3.62. The summed E-state index contributed by atoms with van der Waals surface area (Å²) in [5.41, 5.74) is 5.64. The Morgan fingerprint density at radius 3 is 2.35 bits per heavy atom. The normalized spacial score (nSPS) is 12.8. The summed E-state index contributed by atoms with van der Waals surface area (Å²) >= 11 is 0. The Labute approximate surface area is 107 Å². The fourth-order valence-corrected chi connectivity index (χ4v) is 2.11. The van der Waals surface area contributed by atoms with E-state index in [1.54, 1.807) is 0 Å². The van der Waals surface area contributed by atoms with Crippen LogP contribution in [0.4, 0.5) is 0 Å². The molecule has 0 aliphatic carbocycles. The van der Waals surface area contributed by atoms with E-state index in [1.807, 2.05) is 0 Å². The van der Waals surface area contributed by atoms with Crippen LogP contribution >= 0.6 is 0 Å². The van der Waals surface area contributed by atoms with Crippen LogP contribution in [-0.4, -0.2) is 6.04 Å². The minimum absolute atomic E-state index is 0.621.